The van der Waals surface area contributed by atoms with Crippen molar-refractivity contribution in [1.82, 2.24) is 4.90 Å². The lowest BCUT2D eigenvalue weighted by atomic mass is 9.99. The number of carbonyl (C=O) groups excluding carboxylic acids is 1. The molecule has 1 aliphatic heterocycles. The minimum atomic E-state index is 0.182. The summed E-state index contributed by atoms with van der Waals surface area (Å²) in [4.78, 5) is 16.3. The SMILES string of the molecule is NC1CN(C(=O)c2cc3c(s2)CCCC3)C1. The van der Waals surface area contributed by atoms with Gasteiger partial charge in [-0.2, -0.15) is 0 Å². The first kappa shape index (κ1) is 10.3. The van der Waals surface area contributed by atoms with Crippen molar-refractivity contribution in [3.8, 4) is 0 Å². The molecule has 1 aromatic rings. The lowest BCUT2D eigenvalue weighted by Gasteiger charge is -2.36. The van der Waals surface area contributed by atoms with Crippen LogP contribution in [0.5, 0.6) is 0 Å². The van der Waals surface area contributed by atoms with Crippen molar-refractivity contribution in [3.05, 3.63) is 21.4 Å². The Morgan fingerprint density at radius 2 is 2.12 bits per heavy atom. The van der Waals surface area contributed by atoms with E-state index >= 15 is 0 Å². The van der Waals surface area contributed by atoms with E-state index in [1.807, 2.05) is 4.90 Å². The van der Waals surface area contributed by atoms with Gasteiger partial charge in [0, 0.05) is 24.0 Å². The van der Waals surface area contributed by atoms with E-state index in [1.54, 1.807) is 11.3 Å². The van der Waals surface area contributed by atoms with E-state index in [1.165, 1.54) is 23.3 Å². The second-order valence-corrected chi connectivity index (χ2v) is 5.87. The van der Waals surface area contributed by atoms with Crippen LogP contribution in [0, 0.1) is 0 Å². The fourth-order valence-electron chi connectivity index (χ4n) is 2.43. The van der Waals surface area contributed by atoms with Crippen LogP contribution < -0.4 is 5.73 Å². The Kier molecular flexibility index (Phi) is 2.48. The standard InChI is InChI=1S/C12H16N2OS/c13-9-6-14(7-9)12(15)11-5-8-3-1-2-4-10(8)16-11/h5,9H,1-4,6-7,13H2. The summed E-state index contributed by atoms with van der Waals surface area (Å²) in [5.41, 5.74) is 7.10. The molecule has 2 N–H and O–H groups in total. The van der Waals surface area contributed by atoms with Gasteiger partial charge < -0.3 is 10.6 Å². The van der Waals surface area contributed by atoms with Gasteiger partial charge >= 0.3 is 0 Å². The zero-order chi connectivity index (χ0) is 11.1. The lowest BCUT2D eigenvalue weighted by Crippen LogP contribution is -2.57. The Labute approximate surface area is 99.2 Å². The van der Waals surface area contributed by atoms with Crippen molar-refractivity contribution in [2.75, 3.05) is 13.1 Å². The number of hydrogen-bond acceptors (Lipinski definition) is 3. The number of likely N-dealkylation sites (tertiary alicyclic amines) is 1. The molecule has 3 nitrogen and oxygen atoms in total. The maximum atomic E-state index is 12.1. The van der Waals surface area contributed by atoms with Gasteiger partial charge in [0.25, 0.3) is 5.91 Å². The van der Waals surface area contributed by atoms with Crippen LogP contribution >= 0.6 is 11.3 Å². The highest BCUT2D eigenvalue weighted by Crippen LogP contribution is 2.30. The fraction of sp³-hybridized carbons (Fsp3) is 0.583. The molecule has 0 unspecified atom stereocenters. The molecule has 4 heteroatoms. The fourth-order valence-corrected chi connectivity index (χ4v) is 3.65. The normalized spacial score (nSPS) is 20.4. The molecule has 2 aliphatic rings. The van der Waals surface area contributed by atoms with Crippen LogP contribution in [-0.2, 0) is 12.8 Å². The Hall–Kier alpha value is -0.870. The molecule has 0 atom stereocenters. The van der Waals surface area contributed by atoms with Crippen LogP contribution in [0.15, 0.2) is 6.07 Å². The molecule has 16 heavy (non-hydrogen) atoms. The monoisotopic (exact) mass is 236 g/mol. The average molecular weight is 236 g/mol. The van der Waals surface area contributed by atoms with E-state index in [0.29, 0.717) is 0 Å². The Bertz CT molecular complexity index is 397. The molecule has 1 amide bonds. The van der Waals surface area contributed by atoms with Crippen LogP contribution in [0.2, 0.25) is 0 Å². The topological polar surface area (TPSA) is 46.3 Å². The molecule has 0 bridgehead atoms. The van der Waals surface area contributed by atoms with Gasteiger partial charge in [-0.05, 0) is 37.3 Å². The molecule has 2 heterocycles. The summed E-state index contributed by atoms with van der Waals surface area (Å²) < 4.78 is 0. The number of fused-ring (bicyclic) bond motifs is 1. The first-order chi connectivity index (χ1) is 7.74. The van der Waals surface area contributed by atoms with Crippen LogP contribution in [0.4, 0.5) is 0 Å². The van der Waals surface area contributed by atoms with E-state index in [-0.39, 0.29) is 11.9 Å². The van der Waals surface area contributed by atoms with Gasteiger partial charge in [-0.1, -0.05) is 0 Å². The Balaban J connectivity index is 1.79. The molecule has 1 saturated heterocycles. The molecular formula is C12H16N2OS. The summed E-state index contributed by atoms with van der Waals surface area (Å²) >= 11 is 1.69. The van der Waals surface area contributed by atoms with E-state index in [0.717, 1.165) is 30.8 Å². The minimum absolute atomic E-state index is 0.182. The van der Waals surface area contributed by atoms with Gasteiger partial charge in [-0.25, -0.2) is 0 Å². The van der Waals surface area contributed by atoms with Gasteiger partial charge in [-0.15, -0.1) is 11.3 Å². The van der Waals surface area contributed by atoms with Gasteiger partial charge in [0.2, 0.25) is 0 Å². The zero-order valence-electron chi connectivity index (χ0n) is 9.24. The third kappa shape index (κ3) is 1.66. The van der Waals surface area contributed by atoms with E-state index < -0.39 is 0 Å². The average Bonchev–Trinajstić information content (AvgIpc) is 2.67. The maximum Gasteiger partial charge on any atom is 0.264 e. The van der Waals surface area contributed by atoms with E-state index in [2.05, 4.69) is 6.07 Å². The predicted octanol–water partition coefficient (Wildman–Crippen LogP) is 1.41. The number of hydrogen-bond donors (Lipinski definition) is 1. The van der Waals surface area contributed by atoms with Crippen LogP contribution in [0.1, 0.15) is 33.0 Å². The summed E-state index contributed by atoms with van der Waals surface area (Å²) in [6.45, 7) is 1.45. The molecule has 0 aromatic carbocycles. The molecule has 1 aromatic heterocycles. The third-order valence-corrected chi connectivity index (χ3v) is 4.63. The van der Waals surface area contributed by atoms with Gasteiger partial charge in [-0.3, -0.25) is 4.79 Å². The Morgan fingerprint density at radius 1 is 1.38 bits per heavy atom. The van der Waals surface area contributed by atoms with E-state index in [4.69, 9.17) is 5.73 Å². The molecule has 86 valence electrons. The highest BCUT2D eigenvalue weighted by Gasteiger charge is 2.30. The first-order valence-corrected chi connectivity index (χ1v) is 6.72. The zero-order valence-corrected chi connectivity index (χ0v) is 10.1. The number of amides is 1. The molecular weight excluding hydrogens is 220 g/mol. The summed E-state index contributed by atoms with van der Waals surface area (Å²) in [5, 5.41) is 0. The van der Waals surface area contributed by atoms with Crippen LogP contribution in [0.25, 0.3) is 0 Å². The summed E-state index contributed by atoms with van der Waals surface area (Å²) in [6.07, 6.45) is 4.85. The number of aryl methyl sites for hydroxylation is 2. The highest BCUT2D eigenvalue weighted by molar-refractivity contribution is 7.14. The minimum Gasteiger partial charge on any atom is -0.335 e. The third-order valence-electron chi connectivity index (χ3n) is 3.40. The van der Waals surface area contributed by atoms with Crippen molar-refractivity contribution >= 4 is 17.2 Å². The number of thiophene rings is 1. The summed E-state index contributed by atoms with van der Waals surface area (Å²) in [5.74, 6) is 0.182. The quantitative estimate of drug-likeness (QED) is 0.801. The van der Waals surface area contributed by atoms with Crippen molar-refractivity contribution in [3.63, 3.8) is 0 Å². The van der Waals surface area contributed by atoms with Crippen molar-refractivity contribution in [2.45, 2.75) is 31.7 Å². The molecule has 0 spiro atoms. The predicted molar refractivity (Wildman–Crippen MR) is 64.8 cm³/mol. The molecule has 3 rings (SSSR count). The summed E-state index contributed by atoms with van der Waals surface area (Å²) in [7, 11) is 0. The smallest absolute Gasteiger partial charge is 0.264 e. The number of rotatable bonds is 1. The van der Waals surface area contributed by atoms with Gasteiger partial charge in [0.15, 0.2) is 0 Å². The van der Waals surface area contributed by atoms with Crippen molar-refractivity contribution in [2.24, 2.45) is 5.73 Å². The second-order valence-electron chi connectivity index (χ2n) is 4.74. The highest BCUT2D eigenvalue weighted by atomic mass is 32.1. The molecule has 0 radical (unpaired) electrons. The molecule has 1 aliphatic carbocycles. The first-order valence-electron chi connectivity index (χ1n) is 5.90. The number of carbonyl (C=O) groups is 1. The maximum absolute atomic E-state index is 12.1. The Morgan fingerprint density at radius 3 is 2.81 bits per heavy atom. The van der Waals surface area contributed by atoms with E-state index in [9.17, 15) is 4.79 Å². The lowest BCUT2D eigenvalue weighted by molar-refractivity contribution is 0.0613. The van der Waals surface area contributed by atoms with Gasteiger partial charge in [0.1, 0.15) is 0 Å². The van der Waals surface area contributed by atoms with Crippen molar-refractivity contribution in [1.29, 1.82) is 0 Å². The number of nitrogens with zero attached hydrogens (tertiary/aromatic N) is 1. The summed E-state index contributed by atoms with van der Waals surface area (Å²) in [6, 6.07) is 2.30. The van der Waals surface area contributed by atoms with Crippen LogP contribution in [-0.4, -0.2) is 29.9 Å². The molecule has 0 saturated carbocycles. The van der Waals surface area contributed by atoms with Crippen molar-refractivity contribution < 1.29 is 4.79 Å². The second kappa shape index (κ2) is 3.86. The van der Waals surface area contributed by atoms with Gasteiger partial charge in [0.05, 0.1) is 4.88 Å². The number of nitrogens with two attached hydrogens (primary N) is 1. The largest absolute Gasteiger partial charge is 0.335 e. The van der Waals surface area contributed by atoms with Crippen LogP contribution in [0.3, 0.4) is 0 Å². The molecule has 1 fully saturated rings.